The molecule has 1 aliphatic carbocycles. The van der Waals surface area contributed by atoms with Crippen molar-refractivity contribution in [1.82, 2.24) is 15.8 Å². The van der Waals surface area contributed by atoms with Gasteiger partial charge >= 0.3 is 12.1 Å². The monoisotopic (exact) mass is 465 g/mol. The number of hydrogen-bond donors (Lipinski definition) is 3. The van der Waals surface area contributed by atoms with Gasteiger partial charge in [0, 0.05) is 18.9 Å². The molecule has 0 spiro atoms. The van der Waals surface area contributed by atoms with Gasteiger partial charge in [0.25, 0.3) is 0 Å². The Morgan fingerprint density at radius 1 is 1.00 bits per heavy atom. The van der Waals surface area contributed by atoms with Crippen LogP contribution < -0.4 is 10.7 Å². The molecule has 0 bridgehead atoms. The van der Waals surface area contributed by atoms with E-state index >= 15 is 0 Å². The lowest BCUT2D eigenvalue weighted by Gasteiger charge is -2.20. The second-order valence-electron chi connectivity index (χ2n) is 8.42. The van der Waals surface area contributed by atoms with Gasteiger partial charge < -0.3 is 15.2 Å². The molecular formula is C25H27N3O6. The van der Waals surface area contributed by atoms with Crippen LogP contribution in [0.5, 0.6) is 0 Å². The number of carbonyl (C=O) groups is 4. The number of hydrazine groups is 1. The van der Waals surface area contributed by atoms with Crippen molar-refractivity contribution in [3.05, 3.63) is 59.7 Å². The summed E-state index contributed by atoms with van der Waals surface area (Å²) < 4.78 is 5.49. The van der Waals surface area contributed by atoms with Crippen LogP contribution in [-0.4, -0.2) is 53.2 Å². The molecule has 1 atom stereocenters. The van der Waals surface area contributed by atoms with E-state index in [1.54, 1.807) is 0 Å². The van der Waals surface area contributed by atoms with Crippen molar-refractivity contribution in [2.75, 3.05) is 13.2 Å². The summed E-state index contributed by atoms with van der Waals surface area (Å²) in [7, 11) is 0. The fourth-order valence-electron chi connectivity index (χ4n) is 4.50. The van der Waals surface area contributed by atoms with Crippen LogP contribution in [0.3, 0.4) is 0 Å². The first-order chi connectivity index (χ1) is 16.5. The number of rotatable bonds is 9. The largest absolute Gasteiger partial charge is 0.480 e. The van der Waals surface area contributed by atoms with Crippen LogP contribution in [0.2, 0.25) is 0 Å². The van der Waals surface area contributed by atoms with E-state index < -0.39 is 29.9 Å². The molecule has 1 heterocycles. The van der Waals surface area contributed by atoms with Gasteiger partial charge in [0.1, 0.15) is 6.61 Å². The van der Waals surface area contributed by atoms with Gasteiger partial charge in [0.15, 0.2) is 6.04 Å². The van der Waals surface area contributed by atoms with Gasteiger partial charge in [-0.25, -0.2) is 14.6 Å². The second-order valence-corrected chi connectivity index (χ2v) is 8.42. The fourth-order valence-corrected chi connectivity index (χ4v) is 4.50. The predicted octanol–water partition coefficient (Wildman–Crippen LogP) is 2.80. The molecular weight excluding hydrogens is 438 g/mol. The average Bonchev–Trinajstić information content (AvgIpc) is 3.38. The molecule has 2 aromatic rings. The number of amides is 3. The SMILES string of the molecule is O=C1CC(C(=O)O)N(C(=O)CCCCCNC(=O)OCC2c3ccccc3-c3ccccc32)N1. The first-order valence-electron chi connectivity index (χ1n) is 11.4. The van der Waals surface area contributed by atoms with E-state index in [0.717, 1.165) is 16.1 Å². The van der Waals surface area contributed by atoms with Crippen LogP contribution in [0, 0.1) is 0 Å². The molecule has 3 amide bonds. The van der Waals surface area contributed by atoms with E-state index in [0.29, 0.717) is 25.8 Å². The van der Waals surface area contributed by atoms with Crippen molar-refractivity contribution >= 4 is 23.9 Å². The van der Waals surface area contributed by atoms with Crippen LogP contribution in [0.15, 0.2) is 48.5 Å². The molecule has 9 nitrogen and oxygen atoms in total. The number of nitrogens with one attached hydrogen (secondary N) is 2. The number of alkyl carbamates (subject to hydrolysis) is 1. The Morgan fingerprint density at radius 2 is 1.65 bits per heavy atom. The summed E-state index contributed by atoms with van der Waals surface area (Å²) in [6.07, 6.45) is 1.23. The van der Waals surface area contributed by atoms with E-state index in [9.17, 15) is 19.2 Å². The Morgan fingerprint density at radius 3 is 2.29 bits per heavy atom. The smallest absolute Gasteiger partial charge is 0.407 e. The molecule has 178 valence electrons. The molecule has 1 unspecified atom stereocenters. The molecule has 9 heteroatoms. The van der Waals surface area contributed by atoms with Crippen LogP contribution in [0.4, 0.5) is 4.79 Å². The molecule has 0 aromatic heterocycles. The summed E-state index contributed by atoms with van der Waals surface area (Å²) in [4.78, 5) is 46.9. The Labute approximate surface area is 197 Å². The van der Waals surface area contributed by atoms with Crippen molar-refractivity contribution in [1.29, 1.82) is 0 Å². The van der Waals surface area contributed by atoms with Gasteiger partial charge in [-0.2, -0.15) is 0 Å². The van der Waals surface area contributed by atoms with Crippen molar-refractivity contribution in [2.45, 2.75) is 44.1 Å². The lowest BCUT2D eigenvalue weighted by molar-refractivity contribution is -0.150. The third kappa shape index (κ3) is 5.03. The Bertz CT molecular complexity index is 1060. The van der Waals surface area contributed by atoms with E-state index in [-0.39, 0.29) is 25.4 Å². The van der Waals surface area contributed by atoms with E-state index in [1.807, 2.05) is 24.3 Å². The number of fused-ring (bicyclic) bond motifs is 3. The van der Waals surface area contributed by atoms with E-state index in [2.05, 4.69) is 35.0 Å². The molecule has 2 aromatic carbocycles. The first kappa shape index (κ1) is 23.3. The van der Waals surface area contributed by atoms with Crippen molar-refractivity contribution in [2.24, 2.45) is 0 Å². The van der Waals surface area contributed by atoms with Crippen molar-refractivity contribution < 1.29 is 29.0 Å². The quantitative estimate of drug-likeness (QED) is 0.489. The third-order valence-corrected chi connectivity index (χ3v) is 6.17. The molecule has 1 aliphatic heterocycles. The number of carboxylic acid groups (broad SMARTS) is 1. The van der Waals surface area contributed by atoms with Gasteiger partial charge in [-0.05, 0) is 35.1 Å². The zero-order chi connectivity index (χ0) is 24.1. The lowest BCUT2D eigenvalue weighted by Crippen LogP contribution is -2.46. The van der Waals surface area contributed by atoms with Gasteiger partial charge in [-0.3, -0.25) is 15.0 Å². The molecule has 4 rings (SSSR count). The number of carboxylic acids is 1. The maximum absolute atomic E-state index is 12.2. The normalized spacial score (nSPS) is 16.5. The van der Waals surface area contributed by atoms with Crippen molar-refractivity contribution in [3.8, 4) is 11.1 Å². The van der Waals surface area contributed by atoms with Gasteiger partial charge in [0.2, 0.25) is 11.8 Å². The zero-order valence-electron chi connectivity index (χ0n) is 18.7. The summed E-state index contributed by atoms with van der Waals surface area (Å²) in [5, 5.41) is 12.8. The fraction of sp³-hybridized carbons (Fsp3) is 0.360. The second kappa shape index (κ2) is 10.4. The molecule has 34 heavy (non-hydrogen) atoms. The zero-order valence-corrected chi connectivity index (χ0v) is 18.7. The summed E-state index contributed by atoms with van der Waals surface area (Å²) >= 11 is 0. The number of unbranched alkanes of at least 4 members (excludes halogenated alkanes) is 2. The number of nitrogens with zero attached hydrogens (tertiary/aromatic N) is 1. The molecule has 0 saturated carbocycles. The summed E-state index contributed by atoms with van der Waals surface area (Å²) in [6, 6.07) is 15.1. The van der Waals surface area contributed by atoms with Gasteiger partial charge in [-0.15, -0.1) is 0 Å². The predicted molar refractivity (Wildman–Crippen MR) is 123 cm³/mol. The Kier molecular flexibility index (Phi) is 7.10. The number of hydrogen-bond acceptors (Lipinski definition) is 5. The van der Waals surface area contributed by atoms with Gasteiger partial charge in [0.05, 0.1) is 6.42 Å². The van der Waals surface area contributed by atoms with Crippen LogP contribution in [-0.2, 0) is 19.1 Å². The summed E-state index contributed by atoms with van der Waals surface area (Å²) in [6.45, 7) is 0.656. The highest BCUT2D eigenvalue weighted by Gasteiger charge is 2.38. The average molecular weight is 466 g/mol. The van der Waals surface area contributed by atoms with Gasteiger partial charge in [-0.1, -0.05) is 55.0 Å². The van der Waals surface area contributed by atoms with E-state index in [4.69, 9.17) is 9.84 Å². The maximum atomic E-state index is 12.2. The molecule has 0 radical (unpaired) electrons. The van der Waals surface area contributed by atoms with Crippen LogP contribution in [0.1, 0.15) is 49.1 Å². The minimum Gasteiger partial charge on any atom is -0.480 e. The Hall–Kier alpha value is -3.88. The molecule has 2 aliphatic rings. The highest BCUT2D eigenvalue weighted by Crippen LogP contribution is 2.44. The van der Waals surface area contributed by atoms with Crippen LogP contribution in [0.25, 0.3) is 11.1 Å². The number of ether oxygens (including phenoxy) is 1. The lowest BCUT2D eigenvalue weighted by atomic mass is 9.98. The minimum atomic E-state index is -1.21. The Balaban J connectivity index is 1.15. The molecule has 3 N–H and O–H groups in total. The highest BCUT2D eigenvalue weighted by atomic mass is 16.5. The topological polar surface area (TPSA) is 125 Å². The standard InChI is InChI=1S/C25H27N3O6/c29-22-14-21(24(31)32)28(27-22)23(30)12-2-1-7-13-26-25(33)34-15-20-18-10-5-3-8-16(18)17-9-4-6-11-19(17)20/h3-6,8-11,20-21H,1-2,7,12-15H2,(H,26,33)(H,27,29)(H,31,32). The maximum Gasteiger partial charge on any atom is 0.407 e. The number of carbonyl (C=O) groups excluding carboxylic acids is 3. The summed E-state index contributed by atoms with van der Waals surface area (Å²) in [5.41, 5.74) is 6.94. The third-order valence-electron chi connectivity index (χ3n) is 6.17. The molecule has 1 saturated heterocycles. The summed E-state index contributed by atoms with van der Waals surface area (Å²) in [5.74, 6) is -2.11. The number of aliphatic carboxylic acids is 1. The van der Waals surface area contributed by atoms with E-state index in [1.165, 1.54) is 11.1 Å². The first-order valence-corrected chi connectivity index (χ1v) is 11.4. The van der Waals surface area contributed by atoms with Crippen LogP contribution >= 0.6 is 0 Å². The number of benzene rings is 2. The minimum absolute atomic E-state index is 0.00451. The highest BCUT2D eigenvalue weighted by molar-refractivity contribution is 5.93. The van der Waals surface area contributed by atoms with Crippen molar-refractivity contribution in [3.63, 3.8) is 0 Å². The molecule has 1 fully saturated rings.